The lowest BCUT2D eigenvalue weighted by molar-refractivity contribution is 0.163. The highest BCUT2D eigenvalue weighted by Crippen LogP contribution is 2.24. The summed E-state index contributed by atoms with van der Waals surface area (Å²) in [6.07, 6.45) is 4.54. The minimum absolute atomic E-state index is 0.122. The minimum atomic E-state index is -0.122. The van der Waals surface area contributed by atoms with Gasteiger partial charge in [0.25, 0.3) is 0 Å². The fourth-order valence-corrected chi connectivity index (χ4v) is 1.68. The van der Waals surface area contributed by atoms with Crippen molar-refractivity contribution in [1.29, 1.82) is 0 Å². The molecule has 0 saturated heterocycles. The lowest BCUT2D eigenvalue weighted by atomic mass is 9.85. The van der Waals surface area contributed by atoms with Crippen LogP contribution in [-0.4, -0.2) is 11.2 Å². The Kier molecular flexibility index (Phi) is 6.45. The fourth-order valence-electron chi connectivity index (χ4n) is 1.68. The van der Waals surface area contributed by atoms with Crippen molar-refractivity contribution in [3.05, 3.63) is 0 Å². The second-order valence-electron chi connectivity index (χ2n) is 3.98. The lowest BCUT2D eigenvalue weighted by Gasteiger charge is -2.21. The molecule has 0 radical (unpaired) electrons. The number of rotatable bonds is 6. The van der Waals surface area contributed by atoms with E-state index in [1.165, 1.54) is 19.3 Å². The van der Waals surface area contributed by atoms with Crippen molar-refractivity contribution in [3.8, 4) is 0 Å². The molecule has 0 spiro atoms. The molecular formula is C11H24O. The monoisotopic (exact) mass is 172 g/mol. The van der Waals surface area contributed by atoms with E-state index in [-0.39, 0.29) is 6.10 Å². The van der Waals surface area contributed by atoms with Crippen molar-refractivity contribution in [2.45, 2.75) is 59.5 Å². The van der Waals surface area contributed by atoms with Crippen LogP contribution in [0.5, 0.6) is 0 Å². The normalized spacial score (nSPS) is 18.8. The van der Waals surface area contributed by atoms with Gasteiger partial charge in [-0.1, -0.05) is 33.6 Å². The van der Waals surface area contributed by atoms with Crippen molar-refractivity contribution < 1.29 is 5.11 Å². The van der Waals surface area contributed by atoms with E-state index < -0.39 is 0 Å². The maximum atomic E-state index is 9.15. The van der Waals surface area contributed by atoms with E-state index in [0.717, 1.165) is 18.3 Å². The second kappa shape index (κ2) is 6.47. The van der Waals surface area contributed by atoms with Gasteiger partial charge in [0.05, 0.1) is 6.10 Å². The highest BCUT2D eigenvalue weighted by Gasteiger charge is 2.13. The molecule has 0 bridgehead atoms. The summed E-state index contributed by atoms with van der Waals surface area (Å²) in [6, 6.07) is 0. The Hall–Kier alpha value is -0.0400. The average Bonchev–Trinajstić information content (AvgIpc) is 2.04. The number of hydrogen-bond acceptors (Lipinski definition) is 1. The molecule has 0 rings (SSSR count). The van der Waals surface area contributed by atoms with Crippen LogP contribution in [0.3, 0.4) is 0 Å². The molecule has 0 aromatic carbocycles. The first-order valence-electron chi connectivity index (χ1n) is 5.29. The predicted octanol–water partition coefficient (Wildman–Crippen LogP) is 3.22. The Balaban J connectivity index is 3.67. The van der Waals surface area contributed by atoms with Gasteiger partial charge in [-0.05, 0) is 31.6 Å². The maximum absolute atomic E-state index is 9.15. The van der Waals surface area contributed by atoms with E-state index in [1.807, 2.05) is 6.92 Å². The summed E-state index contributed by atoms with van der Waals surface area (Å²) in [6.45, 7) is 8.69. The Morgan fingerprint density at radius 2 is 1.58 bits per heavy atom. The van der Waals surface area contributed by atoms with Crippen LogP contribution in [0.1, 0.15) is 53.4 Å². The molecule has 0 aromatic rings. The highest BCUT2D eigenvalue weighted by molar-refractivity contribution is 4.65. The molecule has 1 N–H and O–H groups in total. The van der Waals surface area contributed by atoms with Gasteiger partial charge in [-0.2, -0.15) is 0 Å². The van der Waals surface area contributed by atoms with E-state index in [1.54, 1.807) is 0 Å². The summed E-state index contributed by atoms with van der Waals surface area (Å²) in [5, 5.41) is 9.15. The van der Waals surface area contributed by atoms with Crippen LogP contribution in [-0.2, 0) is 0 Å². The third kappa shape index (κ3) is 4.76. The summed E-state index contributed by atoms with van der Waals surface area (Å²) < 4.78 is 0. The molecule has 1 heteroatoms. The van der Waals surface area contributed by atoms with Gasteiger partial charge in [0.15, 0.2) is 0 Å². The summed E-state index contributed by atoms with van der Waals surface area (Å²) in [5.41, 5.74) is 0. The smallest absolute Gasteiger partial charge is 0.0512 e. The van der Waals surface area contributed by atoms with Crippen molar-refractivity contribution >= 4 is 0 Å². The summed E-state index contributed by atoms with van der Waals surface area (Å²) in [4.78, 5) is 0. The van der Waals surface area contributed by atoms with Crippen molar-refractivity contribution in [1.82, 2.24) is 0 Å². The van der Waals surface area contributed by atoms with Gasteiger partial charge in [-0.15, -0.1) is 0 Å². The zero-order valence-corrected chi connectivity index (χ0v) is 9.01. The summed E-state index contributed by atoms with van der Waals surface area (Å²) in [5.74, 6) is 1.62. The van der Waals surface area contributed by atoms with Crippen LogP contribution in [0.25, 0.3) is 0 Å². The molecule has 0 heterocycles. The second-order valence-corrected chi connectivity index (χ2v) is 3.98. The first kappa shape index (κ1) is 12.0. The third-order valence-electron chi connectivity index (χ3n) is 2.93. The molecular weight excluding hydrogens is 148 g/mol. The van der Waals surface area contributed by atoms with E-state index in [2.05, 4.69) is 20.8 Å². The van der Waals surface area contributed by atoms with Crippen LogP contribution in [0.2, 0.25) is 0 Å². The van der Waals surface area contributed by atoms with Gasteiger partial charge >= 0.3 is 0 Å². The zero-order valence-electron chi connectivity index (χ0n) is 9.01. The Morgan fingerprint density at radius 1 is 1.00 bits per heavy atom. The van der Waals surface area contributed by atoms with Crippen molar-refractivity contribution in [3.63, 3.8) is 0 Å². The third-order valence-corrected chi connectivity index (χ3v) is 2.93. The Labute approximate surface area is 77.2 Å². The van der Waals surface area contributed by atoms with Crippen LogP contribution >= 0.6 is 0 Å². The Morgan fingerprint density at radius 3 is 1.92 bits per heavy atom. The van der Waals surface area contributed by atoms with Crippen LogP contribution in [0, 0.1) is 11.8 Å². The molecule has 0 aliphatic carbocycles. The number of hydrogen-bond donors (Lipinski definition) is 1. The van der Waals surface area contributed by atoms with Crippen molar-refractivity contribution in [2.24, 2.45) is 11.8 Å². The zero-order chi connectivity index (χ0) is 9.56. The van der Waals surface area contributed by atoms with Gasteiger partial charge in [-0.3, -0.25) is 0 Å². The molecule has 0 aliphatic rings. The Bertz CT molecular complexity index is 99.2. The molecule has 0 aliphatic heterocycles. The highest BCUT2D eigenvalue weighted by atomic mass is 16.3. The van der Waals surface area contributed by atoms with Crippen LogP contribution in [0.4, 0.5) is 0 Å². The van der Waals surface area contributed by atoms with Gasteiger partial charge in [0.2, 0.25) is 0 Å². The van der Waals surface area contributed by atoms with E-state index >= 15 is 0 Å². The quantitative estimate of drug-likeness (QED) is 0.652. The molecule has 0 fully saturated rings. The summed E-state index contributed by atoms with van der Waals surface area (Å²) >= 11 is 0. The average molecular weight is 172 g/mol. The molecule has 3 unspecified atom stereocenters. The molecule has 12 heavy (non-hydrogen) atoms. The maximum Gasteiger partial charge on any atom is 0.0512 e. The fraction of sp³-hybridized carbons (Fsp3) is 1.00. The molecule has 0 amide bonds. The van der Waals surface area contributed by atoms with Crippen molar-refractivity contribution in [2.75, 3.05) is 0 Å². The predicted molar refractivity (Wildman–Crippen MR) is 54.2 cm³/mol. The largest absolute Gasteiger partial charge is 0.393 e. The first-order chi connectivity index (χ1) is 5.61. The van der Waals surface area contributed by atoms with Gasteiger partial charge < -0.3 is 5.11 Å². The molecule has 1 nitrogen and oxygen atoms in total. The van der Waals surface area contributed by atoms with E-state index in [0.29, 0.717) is 0 Å². The molecule has 3 atom stereocenters. The van der Waals surface area contributed by atoms with Crippen LogP contribution < -0.4 is 0 Å². The standard InChI is InChI=1S/C11H24O/c1-5-9(3)11(6-2)8-7-10(4)12/h9-12H,5-8H2,1-4H3. The van der Waals surface area contributed by atoms with E-state index in [9.17, 15) is 0 Å². The van der Waals surface area contributed by atoms with Gasteiger partial charge in [-0.25, -0.2) is 0 Å². The van der Waals surface area contributed by atoms with Gasteiger partial charge in [0.1, 0.15) is 0 Å². The molecule has 74 valence electrons. The SMILES string of the molecule is CCC(C)C(CC)CCC(C)O. The summed E-state index contributed by atoms with van der Waals surface area (Å²) in [7, 11) is 0. The molecule has 0 aromatic heterocycles. The minimum Gasteiger partial charge on any atom is -0.393 e. The topological polar surface area (TPSA) is 20.2 Å². The van der Waals surface area contributed by atoms with E-state index in [4.69, 9.17) is 5.11 Å². The molecule has 0 saturated carbocycles. The number of aliphatic hydroxyl groups is 1. The lowest BCUT2D eigenvalue weighted by Crippen LogP contribution is -2.12. The first-order valence-corrected chi connectivity index (χ1v) is 5.29. The van der Waals surface area contributed by atoms with Gasteiger partial charge in [0, 0.05) is 0 Å². The van der Waals surface area contributed by atoms with Crippen LogP contribution in [0.15, 0.2) is 0 Å². The number of aliphatic hydroxyl groups excluding tert-OH is 1.